The second-order valence-electron chi connectivity index (χ2n) is 4.55. The van der Waals surface area contributed by atoms with Gasteiger partial charge in [-0.3, -0.25) is 4.79 Å². The summed E-state index contributed by atoms with van der Waals surface area (Å²) in [5.74, 6) is -0.646. The number of amides is 1. The van der Waals surface area contributed by atoms with Gasteiger partial charge in [0.2, 0.25) is 5.91 Å². The van der Waals surface area contributed by atoms with Crippen molar-refractivity contribution < 1.29 is 14.3 Å². The van der Waals surface area contributed by atoms with Gasteiger partial charge in [0.15, 0.2) is 0 Å². The summed E-state index contributed by atoms with van der Waals surface area (Å²) in [5, 5.41) is 3.09. The summed E-state index contributed by atoms with van der Waals surface area (Å²) in [6, 6.07) is 2.64. The monoisotopic (exact) mass is 297 g/mol. The van der Waals surface area contributed by atoms with Crippen molar-refractivity contribution in [2.75, 3.05) is 30.8 Å². The molecule has 1 aliphatic heterocycles. The molecule has 0 bridgehead atoms. The van der Waals surface area contributed by atoms with Crippen LogP contribution in [0.2, 0.25) is 5.02 Å². The molecule has 0 aromatic heterocycles. The van der Waals surface area contributed by atoms with Crippen LogP contribution in [-0.2, 0) is 9.53 Å². The molecule has 1 aromatic carbocycles. The molecule has 0 spiro atoms. The van der Waals surface area contributed by atoms with Crippen LogP contribution in [0.25, 0.3) is 0 Å². The van der Waals surface area contributed by atoms with Crippen LogP contribution in [0.5, 0.6) is 0 Å². The summed E-state index contributed by atoms with van der Waals surface area (Å²) < 4.78 is 4.76. The van der Waals surface area contributed by atoms with Gasteiger partial charge in [-0.15, -0.1) is 0 Å². The first-order chi connectivity index (χ1) is 9.45. The fourth-order valence-electron chi connectivity index (χ4n) is 2.27. The van der Waals surface area contributed by atoms with E-state index in [-0.39, 0.29) is 11.5 Å². The molecule has 6 nitrogen and oxygen atoms in total. The highest BCUT2D eigenvalue weighted by Crippen LogP contribution is 2.34. The fraction of sp³-hybridized carbons (Fsp3) is 0.385. The minimum absolute atomic E-state index is 0.111. The number of anilines is 2. The van der Waals surface area contributed by atoms with E-state index in [0.29, 0.717) is 29.5 Å². The van der Waals surface area contributed by atoms with Crippen molar-refractivity contribution in [3.8, 4) is 0 Å². The Morgan fingerprint density at radius 3 is 2.90 bits per heavy atom. The van der Waals surface area contributed by atoms with Crippen LogP contribution < -0.4 is 16.0 Å². The SMILES string of the molecule is COC(=O)c1cc(N)cc(Cl)c1N1CCNC(=O)C1C. The molecule has 108 valence electrons. The molecule has 1 fully saturated rings. The number of nitrogen functional groups attached to an aromatic ring is 1. The maximum absolute atomic E-state index is 11.9. The number of esters is 1. The molecule has 20 heavy (non-hydrogen) atoms. The summed E-state index contributed by atoms with van der Waals surface area (Å²) in [6.45, 7) is 2.80. The number of rotatable bonds is 2. The van der Waals surface area contributed by atoms with Crippen LogP contribution in [-0.4, -0.2) is 38.1 Å². The van der Waals surface area contributed by atoms with Crippen LogP contribution in [0.15, 0.2) is 12.1 Å². The van der Waals surface area contributed by atoms with Gasteiger partial charge in [0.25, 0.3) is 0 Å². The van der Waals surface area contributed by atoms with E-state index in [0.717, 1.165) is 0 Å². The number of ether oxygens (including phenoxy) is 1. The van der Waals surface area contributed by atoms with Crippen molar-refractivity contribution in [2.24, 2.45) is 0 Å². The van der Waals surface area contributed by atoms with Gasteiger partial charge in [0.05, 0.1) is 23.4 Å². The topological polar surface area (TPSA) is 84.7 Å². The normalized spacial score (nSPS) is 18.6. The molecule has 3 N–H and O–H groups in total. The molecule has 0 saturated carbocycles. The highest BCUT2D eigenvalue weighted by molar-refractivity contribution is 6.34. The van der Waals surface area contributed by atoms with Gasteiger partial charge in [0.1, 0.15) is 6.04 Å². The fourth-order valence-corrected chi connectivity index (χ4v) is 2.60. The van der Waals surface area contributed by atoms with Crippen molar-refractivity contribution in [3.63, 3.8) is 0 Å². The van der Waals surface area contributed by atoms with Gasteiger partial charge in [0, 0.05) is 18.8 Å². The van der Waals surface area contributed by atoms with Gasteiger partial charge >= 0.3 is 5.97 Å². The number of nitrogens with one attached hydrogen (secondary N) is 1. The zero-order valence-corrected chi connectivity index (χ0v) is 12.0. The Morgan fingerprint density at radius 1 is 1.55 bits per heavy atom. The number of benzene rings is 1. The number of carbonyl (C=O) groups excluding carboxylic acids is 2. The minimum Gasteiger partial charge on any atom is -0.465 e. The predicted octanol–water partition coefficient (Wildman–Crippen LogP) is 1.03. The van der Waals surface area contributed by atoms with E-state index >= 15 is 0 Å². The Balaban J connectivity index is 2.54. The van der Waals surface area contributed by atoms with E-state index in [1.54, 1.807) is 17.9 Å². The van der Waals surface area contributed by atoms with Gasteiger partial charge in [-0.2, -0.15) is 0 Å². The summed E-state index contributed by atoms with van der Waals surface area (Å²) in [6.07, 6.45) is 0. The molecular formula is C13H16ClN3O3. The summed E-state index contributed by atoms with van der Waals surface area (Å²) in [5.41, 5.74) is 6.84. The van der Waals surface area contributed by atoms with Crippen LogP contribution in [0.4, 0.5) is 11.4 Å². The summed E-state index contributed by atoms with van der Waals surface area (Å²) in [7, 11) is 1.29. The second-order valence-corrected chi connectivity index (χ2v) is 4.96. The Bertz CT molecular complexity index is 562. The summed E-state index contributed by atoms with van der Waals surface area (Å²) >= 11 is 6.22. The largest absolute Gasteiger partial charge is 0.465 e. The van der Waals surface area contributed by atoms with Crippen LogP contribution in [0.3, 0.4) is 0 Å². The Morgan fingerprint density at radius 2 is 2.25 bits per heavy atom. The third kappa shape index (κ3) is 2.51. The lowest BCUT2D eigenvalue weighted by molar-refractivity contribution is -0.122. The van der Waals surface area contributed by atoms with Crippen LogP contribution in [0.1, 0.15) is 17.3 Å². The van der Waals surface area contributed by atoms with E-state index in [9.17, 15) is 9.59 Å². The molecule has 1 heterocycles. The molecule has 1 unspecified atom stereocenters. The minimum atomic E-state index is -0.535. The molecule has 0 aliphatic carbocycles. The number of nitrogens with zero attached hydrogens (tertiary/aromatic N) is 1. The molecule has 1 saturated heterocycles. The highest BCUT2D eigenvalue weighted by Gasteiger charge is 2.30. The Kier molecular flexibility index (Phi) is 4.04. The second kappa shape index (κ2) is 5.58. The smallest absolute Gasteiger partial charge is 0.340 e. The quantitative estimate of drug-likeness (QED) is 0.629. The number of hydrogen-bond donors (Lipinski definition) is 2. The first-order valence-corrected chi connectivity index (χ1v) is 6.55. The maximum atomic E-state index is 11.9. The molecule has 1 aliphatic rings. The Hall–Kier alpha value is -1.95. The average molecular weight is 298 g/mol. The van der Waals surface area contributed by atoms with E-state index in [1.165, 1.54) is 13.2 Å². The van der Waals surface area contributed by atoms with E-state index in [2.05, 4.69) is 5.32 Å². The zero-order chi connectivity index (χ0) is 14.9. The van der Waals surface area contributed by atoms with Crippen molar-refractivity contribution >= 4 is 34.9 Å². The van der Waals surface area contributed by atoms with Gasteiger partial charge in [-0.05, 0) is 19.1 Å². The number of piperazine rings is 1. The maximum Gasteiger partial charge on any atom is 0.340 e. The van der Waals surface area contributed by atoms with E-state index in [1.807, 2.05) is 0 Å². The lowest BCUT2D eigenvalue weighted by Gasteiger charge is -2.36. The number of methoxy groups -OCH3 is 1. The third-order valence-electron chi connectivity index (χ3n) is 3.28. The molecule has 7 heteroatoms. The molecule has 1 aromatic rings. The van der Waals surface area contributed by atoms with Crippen LogP contribution >= 0.6 is 11.6 Å². The molecule has 0 radical (unpaired) electrons. The average Bonchev–Trinajstić information content (AvgIpc) is 2.41. The highest BCUT2D eigenvalue weighted by atomic mass is 35.5. The molecule has 1 atom stereocenters. The van der Waals surface area contributed by atoms with E-state index < -0.39 is 12.0 Å². The Labute approximate surface area is 121 Å². The first kappa shape index (κ1) is 14.5. The summed E-state index contributed by atoms with van der Waals surface area (Å²) in [4.78, 5) is 25.5. The standard InChI is InChI=1S/C13H16ClN3O3/c1-7-12(18)16-3-4-17(7)11-9(13(19)20-2)5-8(15)6-10(11)14/h5-7H,3-4,15H2,1-2H3,(H,16,18). The number of nitrogens with two attached hydrogens (primary N) is 1. The lowest BCUT2D eigenvalue weighted by atomic mass is 10.1. The third-order valence-corrected chi connectivity index (χ3v) is 3.57. The lowest BCUT2D eigenvalue weighted by Crippen LogP contribution is -2.54. The van der Waals surface area contributed by atoms with Crippen molar-refractivity contribution in [1.82, 2.24) is 5.32 Å². The molecule has 1 amide bonds. The zero-order valence-electron chi connectivity index (χ0n) is 11.3. The van der Waals surface area contributed by atoms with Gasteiger partial charge < -0.3 is 20.7 Å². The van der Waals surface area contributed by atoms with Gasteiger partial charge in [-0.1, -0.05) is 11.6 Å². The predicted molar refractivity (Wildman–Crippen MR) is 77.0 cm³/mol. The number of hydrogen-bond acceptors (Lipinski definition) is 5. The number of halogens is 1. The number of carbonyl (C=O) groups is 2. The van der Waals surface area contributed by atoms with Crippen LogP contribution in [0, 0.1) is 0 Å². The first-order valence-electron chi connectivity index (χ1n) is 6.17. The van der Waals surface area contributed by atoms with Crippen molar-refractivity contribution in [1.29, 1.82) is 0 Å². The molecular weight excluding hydrogens is 282 g/mol. The molecule has 2 rings (SSSR count). The van der Waals surface area contributed by atoms with Crippen molar-refractivity contribution in [2.45, 2.75) is 13.0 Å². The van der Waals surface area contributed by atoms with Crippen molar-refractivity contribution in [3.05, 3.63) is 22.7 Å². The van der Waals surface area contributed by atoms with Gasteiger partial charge in [-0.25, -0.2) is 4.79 Å². The van der Waals surface area contributed by atoms with E-state index in [4.69, 9.17) is 22.1 Å².